The van der Waals surface area contributed by atoms with Crippen LogP contribution < -0.4 is 5.73 Å². The van der Waals surface area contributed by atoms with Crippen LogP contribution in [0.5, 0.6) is 0 Å². The summed E-state index contributed by atoms with van der Waals surface area (Å²) in [5.74, 6) is 0.306. The summed E-state index contributed by atoms with van der Waals surface area (Å²) in [7, 11) is 0. The summed E-state index contributed by atoms with van der Waals surface area (Å²) in [5, 5.41) is 11.5. The number of rotatable bonds is 2. The van der Waals surface area contributed by atoms with Crippen molar-refractivity contribution in [1.29, 1.82) is 0 Å². The highest BCUT2D eigenvalue weighted by molar-refractivity contribution is 5.62. The van der Waals surface area contributed by atoms with Gasteiger partial charge in [-0.2, -0.15) is 0 Å². The minimum absolute atomic E-state index is 0.306. The van der Waals surface area contributed by atoms with Crippen molar-refractivity contribution in [1.82, 2.24) is 20.2 Å². The lowest BCUT2D eigenvalue weighted by Crippen LogP contribution is -1.94. The Kier molecular flexibility index (Phi) is 2.11. The van der Waals surface area contributed by atoms with Gasteiger partial charge < -0.3 is 10.3 Å². The zero-order valence-corrected chi connectivity index (χ0v) is 8.82. The van der Waals surface area contributed by atoms with Gasteiger partial charge in [0.1, 0.15) is 5.69 Å². The molecule has 17 heavy (non-hydrogen) atoms. The quantitative estimate of drug-likeness (QED) is 0.717. The van der Waals surface area contributed by atoms with Crippen molar-refractivity contribution < 1.29 is 4.52 Å². The van der Waals surface area contributed by atoms with Crippen molar-refractivity contribution in [2.75, 3.05) is 5.73 Å². The molecule has 2 heterocycles. The van der Waals surface area contributed by atoms with E-state index in [9.17, 15) is 0 Å². The van der Waals surface area contributed by atoms with Crippen molar-refractivity contribution in [3.63, 3.8) is 0 Å². The summed E-state index contributed by atoms with van der Waals surface area (Å²) < 4.78 is 6.50. The third-order valence-corrected chi connectivity index (χ3v) is 2.38. The van der Waals surface area contributed by atoms with Gasteiger partial charge in [0.05, 0.1) is 18.1 Å². The van der Waals surface area contributed by atoms with Gasteiger partial charge in [0.15, 0.2) is 0 Å². The minimum atomic E-state index is 0.306. The number of hydrogen-bond donors (Lipinski definition) is 1. The van der Waals surface area contributed by atoms with Crippen molar-refractivity contribution in [3.05, 3.63) is 42.7 Å². The van der Waals surface area contributed by atoms with Crippen LogP contribution in [0.1, 0.15) is 0 Å². The molecule has 2 aromatic heterocycles. The molecule has 0 fully saturated rings. The largest absolute Gasteiger partial charge is 0.368 e. The molecular weight excluding hydrogens is 218 g/mol. The first-order valence-electron chi connectivity index (χ1n) is 5.02. The van der Waals surface area contributed by atoms with E-state index in [0.29, 0.717) is 11.6 Å². The summed E-state index contributed by atoms with van der Waals surface area (Å²) in [6.07, 6.45) is 3.41. The highest BCUT2D eigenvalue weighted by atomic mass is 16.5. The summed E-state index contributed by atoms with van der Waals surface area (Å²) in [6.45, 7) is 0. The van der Waals surface area contributed by atoms with Crippen molar-refractivity contribution in [2.24, 2.45) is 0 Å². The van der Waals surface area contributed by atoms with Crippen LogP contribution in [0.3, 0.4) is 0 Å². The monoisotopic (exact) mass is 227 g/mol. The highest BCUT2D eigenvalue weighted by Crippen LogP contribution is 2.21. The van der Waals surface area contributed by atoms with E-state index in [4.69, 9.17) is 10.3 Å². The van der Waals surface area contributed by atoms with Crippen LogP contribution in [0.15, 0.2) is 47.2 Å². The third kappa shape index (κ3) is 1.76. The maximum Gasteiger partial charge on any atom is 0.222 e. The fraction of sp³-hybridized carbons (Fsp3) is 0. The molecule has 0 aliphatic rings. The number of aromatic nitrogens is 4. The second-order valence-corrected chi connectivity index (χ2v) is 3.51. The van der Waals surface area contributed by atoms with E-state index < -0.39 is 0 Å². The Labute approximate surface area is 96.6 Å². The van der Waals surface area contributed by atoms with Crippen molar-refractivity contribution in [3.8, 4) is 16.9 Å². The third-order valence-electron chi connectivity index (χ3n) is 2.38. The van der Waals surface area contributed by atoms with Crippen LogP contribution in [-0.2, 0) is 0 Å². The van der Waals surface area contributed by atoms with Gasteiger partial charge in [-0.3, -0.25) is 0 Å². The number of anilines is 1. The van der Waals surface area contributed by atoms with E-state index in [1.54, 1.807) is 23.1 Å². The fourth-order valence-corrected chi connectivity index (χ4v) is 1.56. The molecule has 84 valence electrons. The molecule has 0 bridgehead atoms. The molecule has 0 atom stereocenters. The van der Waals surface area contributed by atoms with E-state index in [2.05, 4.69) is 15.5 Å². The van der Waals surface area contributed by atoms with E-state index in [1.807, 2.05) is 24.3 Å². The lowest BCUT2D eigenvalue weighted by Gasteiger charge is -2.00. The summed E-state index contributed by atoms with van der Waals surface area (Å²) >= 11 is 0. The molecule has 6 nitrogen and oxygen atoms in total. The van der Waals surface area contributed by atoms with Crippen LogP contribution in [0, 0.1) is 0 Å². The van der Waals surface area contributed by atoms with Crippen LogP contribution in [-0.4, -0.2) is 20.2 Å². The van der Waals surface area contributed by atoms with Gasteiger partial charge in [-0.25, -0.2) is 4.68 Å². The SMILES string of the molecule is Nc1cc(-c2ccc(-n3ccnn3)cc2)no1. The van der Waals surface area contributed by atoms with Gasteiger partial charge in [-0.15, -0.1) is 5.10 Å². The molecule has 0 spiro atoms. The number of hydrogen-bond acceptors (Lipinski definition) is 5. The lowest BCUT2D eigenvalue weighted by molar-refractivity contribution is 0.439. The summed E-state index contributed by atoms with van der Waals surface area (Å²) in [6, 6.07) is 9.39. The molecule has 1 aromatic carbocycles. The average Bonchev–Trinajstić information content (AvgIpc) is 3.00. The Hall–Kier alpha value is -2.63. The number of nitrogen functional groups attached to an aromatic ring is 1. The second kappa shape index (κ2) is 3.75. The van der Waals surface area contributed by atoms with Gasteiger partial charge in [0, 0.05) is 11.6 Å². The lowest BCUT2D eigenvalue weighted by atomic mass is 10.1. The Morgan fingerprint density at radius 3 is 2.59 bits per heavy atom. The molecular formula is C11H9N5O. The number of nitrogens with zero attached hydrogens (tertiary/aromatic N) is 4. The second-order valence-electron chi connectivity index (χ2n) is 3.51. The maximum atomic E-state index is 5.47. The van der Waals surface area contributed by atoms with Crippen molar-refractivity contribution in [2.45, 2.75) is 0 Å². The molecule has 0 aliphatic carbocycles. The van der Waals surface area contributed by atoms with E-state index >= 15 is 0 Å². The van der Waals surface area contributed by atoms with Gasteiger partial charge >= 0.3 is 0 Å². The Balaban J connectivity index is 1.95. The Bertz CT molecular complexity index is 612. The van der Waals surface area contributed by atoms with Crippen molar-refractivity contribution >= 4 is 5.88 Å². The molecule has 0 aliphatic heterocycles. The summed E-state index contributed by atoms with van der Waals surface area (Å²) in [5.41, 5.74) is 8.06. The van der Waals surface area contributed by atoms with E-state index in [0.717, 1.165) is 11.3 Å². The van der Waals surface area contributed by atoms with Crippen LogP contribution >= 0.6 is 0 Å². The molecule has 0 saturated heterocycles. The molecule has 0 radical (unpaired) electrons. The normalized spacial score (nSPS) is 10.6. The van der Waals surface area contributed by atoms with Gasteiger partial charge in [-0.05, 0) is 12.1 Å². The van der Waals surface area contributed by atoms with Crippen LogP contribution in [0.25, 0.3) is 16.9 Å². The molecule has 0 saturated carbocycles. The molecule has 0 unspecified atom stereocenters. The van der Waals surface area contributed by atoms with Crippen LogP contribution in [0.2, 0.25) is 0 Å². The average molecular weight is 227 g/mol. The Morgan fingerprint density at radius 2 is 2.00 bits per heavy atom. The fourth-order valence-electron chi connectivity index (χ4n) is 1.56. The predicted molar refractivity (Wildman–Crippen MR) is 61.3 cm³/mol. The zero-order valence-electron chi connectivity index (χ0n) is 8.82. The molecule has 6 heteroatoms. The van der Waals surface area contributed by atoms with Gasteiger partial charge in [-0.1, -0.05) is 22.5 Å². The first-order valence-corrected chi connectivity index (χ1v) is 5.02. The smallest absolute Gasteiger partial charge is 0.222 e. The van der Waals surface area contributed by atoms with Crippen LogP contribution in [0.4, 0.5) is 5.88 Å². The number of benzene rings is 1. The molecule has 0 amide bonds. The highest BCUT2D eigenvalue weighted by Gasteiger charge is 2.04. The molecule has 3 aromatic rings. The Morgan fingerprint density at radius 1 is 1.18 bits per heavy atom. The zero-order chi connectivity index (χ0) is 11.7. The van der Waals surface area contributed by atoms with E-state index in [1.165, 1.54) is 0 Å². The first kappa shape index (κ1) is 9.59. The first-order chi connectivity index (χ1) is 8.33. The van der Waals surface area contributed by atoms with Gasteiger partial charge in [0.2, 0.25) is 5.88 Å². The maximum absolute atomic E-state index is 5.47. The number of nitrogens with two attached hydrogens (primary N) is 1. The summed E-state index contributed by atoms with van der Waals surface area (Å²) in [4.78, 5) is 0. The molecule has 2 N–H and O–H groups in total. The topological polar surface area (TPSA) is 82.8 Å². The minimum Gasteiger partial charge on any atom is -0.368 e. The molecule has 3 rings (SSSR count). The van der Waals surface area contributed by atoms with Gasteiger partial charge in [0.25, 0.3) is 0 Å². The standard InChI is InChI=1S/C11H9N5O/c12-11-7-10(14-17-11)8-1-3-9(4-2-8)16-6-5-13-15-16/h1-7H,12H2. The predicted octanol–water partition coefficient (Wildman–Crippen LogP) is 1.50. The van der Waals surface area contributed by atoms with E-state index in [-0.39, 0.29) is 0 Å².